The first-order valence-electron chi connectivity index (χ1n) is 6.87. The van der Waals surface area contributed by atoms with E-state index in [9.17, 15) is 10.2 Å². The zero-order valence-electron chi connectivity index (χ0n) is 11.8. The Balaban J connectivity index is 2.33. The number of phenolic OH excluding ortho intramolecular Hbond substituents is 2. The Bertz CT molecular complexity index is 581. The summed E-state index contributed by atoms with van der Waals surface area (Å²) in [6, 6.07) is 4.83. The van der Waals surface area contributed by atoms with Gasteiger partial charge in [-0.25, -0.2) is 4.98 Å². The third-order valence-electron chi connectivity index (χ3n) is 3.02. The normalized spacial score (nSPS) is 10.9. The van der Waals surface area contributed by atoms with Gasteiger partial charge < -0.3 is 15.5 Å². The van der Waals surface area contributed by atoms with Crippen LogP contribution in [0.15, 0.2) is 18.2 Å². The Morgan fingerprint density at radius 3 is 2.65 bits per heavy atom. The maximum Gasteiger partial charge on any atom is 0.158 e. The lowest BCUT2D eigenvalue weighted by Crippen LogP contribution is -2.11. The summed E-state index contributed by atoms with van der Waals surface area (Å²) >= 11 is 1.64. The van der Waals surface area contributed by atoms with Crippen molar-refractivity contribution in [2.24, 2.45) is 0 Å². The van der Waals surface area contributed by atoms with Gasteiger partial charge in [-0.2, -0.15) is 0 Å². The van der Waals surface area contributed by atoms with E-state index in [1.807, 2.05) is 0 Å². The lowest BCUT2D eigenvalue weighted by molar-refractivity contribution is 0.404. The fourth-order valence-corrected chi connectivity index (χ4v) is 3.05. The van der Waals surface area contributed by atoms with E-state index in [4.69, 9.17) is 0 Å². The fourth-order valence-electron chi connectivity index (χ4n) is 1.97. The number of nitrogens with one attached hydrogen (secondary N) is 1. The summed E-state index contributed by atoms with van der Waals surface area (Å²) in [6.45, 7) is 5.98. The van der Waals surface area contributed by atoms with Gasteiger partial charge in [0.2, 0.25) is 0 Å². The second kappa shape index (κ2) is 6.72. The molecule has 20 heavy (non-hydrogen) atoms. The number of nitrogens with zero attached hydrogens (tertiary/aromatic N) is 1. The molecule has 0 aliphatic heterocycles. The molecule has 0 unspecified atom stereocenters. The van der Waals surface area contributed by atoms with Gasteiger partial charge in [-0.1, -0.05) is 20.3 Å². The average Bonchev–Trinajstić information content (AvgIpc) is 2.83. The highest BCUT2D eigenvalue weighted by atomic mass is 32.1. The van der Waals surface area contributed by atoms with Gasteiger partial charge in [0.25, 0.3) is 0 Å². The van der Waals surface area contributed by atoms with Gasteiger partial charge in [-0.15, -0.1) is 11.3 Å². The molecular formula is C15H20N2O2S. The van der Waals surface area contributed by atoms with Crippen LogP contribution in [-0.2, 0) is 13.0 Å². The fraction of sp³-hybridized carbons (Fsp3) is 0.400. The number of benzene rings is 1. The molecule has 4 nitrogen and oxygen atoms in total. The standard InChI is InChI=1S/C15H20N2O2S/c1-3-5-11-14(9-16-4-2)20-15(17-11)10-6-7-12(18)13(19)8-10/h6-8,16,18-19H,3-5,9H2,1-2H3. The summed E-state index contributed by atoms with van der Waals surface area (Å²) in [5, 5.41) is 23.2. The third-order valence-corrected chi connectivity index (χ3v) is 4.17. The lowest BCUT2D eigenvalue weighted by Gasteiger charge is -2.00. The van der Waals surface area contributed by atoms with Crippen molar-refractivity contribution in [2.75, 3.05) is 6.54 Å². The molecule has 3 N–H and O–H groups in total. The maximum absolute atomic E-state index is 9.60. The second-order valence-electron chi connectivity index (χ2n) is 4.62. The van der Waals surface area contributed by atoms with Crippen LogP contribution in [0.5, 0.6) is 11.5 Å². The van der Waals surface area contributed by atoms with Crippen LogP contribution in [0.4, 0.5) is 0 Å². The van der Waals surface area contributed by atoms with E-state index in [1.165, 1.54) is 10.9 Å². The molecule has 0 aliphatic carbocycles. The first kappa shape index (κ1) is 14.8. The molecule has 0 atom stereocenters. The van der Waals surface area contributed by atoms with Crippen LogP contribution in [0.3, 0.4) is 0 Å². The van der Waals surface area contributed by atoms with Crippen LogP contribution < -0.4 is 5.32 Å². The van der Waals surface area contributed by atoms with Crippen LogP contribution in [-0.4, -0.2) is 21.7 Å². The summed E-state index contributed by atoms with van der Waals surface area (Å²) in [6.07, 6.45) is 2.02. The minimum atomic E-state index is -0.108. The molecule has 0 bridgehead atoms. The summed E-state index contributed by atoms with van der Waals surface area (Å²) in [5.74, 6) is -0.213. The number of thiazole rings is 1. The topological polar surface area (TPSA) is 65.4 Å². The van der Waals surface area contributed by atoms with E-state index in [0.29, 0.717) is 0 Å². The zero-order chi connectivity index (χ0) is 14.5. The number of rotatable bonds is 6. The predicted molar refractivity (Wildman–Crippen MR) is 82.3 cm³/mol. The predicted octanol–water partition coefficient (Wildman–Crippen LogP) is 3.28. The molecule has 0 saturated carbocycles. The van der Waals surface area contributed by atoms with Gasteiger partial charge in [0, 0.05) is 17.0 Å². The molecule has 0 spiro atoms. The Morgan fingerprint density at radius 2 is 2.00 bits per heavy atom. The highest BCUT2D eigenvalue weighted by Crippen LogP contribution is 2.34. The molecular weight excluding hydrogens is 272 g/mol. The van der Waals surface area contributed by atoms with Gasteiger partial charge in [-0.3, -0.25) is 0 Å². The van der Waals surface area contributed by atoms with Gasteiger partial charge in [0.15, 0.2) is 11.5 Å². The van der Waals surface area contributed by atoms with Crippen LogP contribution in [0.1, 0.15) is 30.8 Å². The van der Waals surface area contributed by atoms with Crippen molar-refractivity contribution in [3.05, 3.63) is 28.8 Å². The van der Waals surface area contributed by atoms with Gasteiger partial charge in [-0.05, 0) is 31.2 Å². The lowest BCUT2D eigenvalue weighted by atomic mass is 10.2. The molecule has 0 aliphatic rings. The molecule has 1 aromatic heterocycles. The molecule has 5 heteroatoms. The monoisotopic (exact) mass is 292 g/mol. The first-order chi connectivity index (χ1) is 9.65. The molecule has 2 aromatic rings. The number of aromatic nitrogens is 1. The van der Waals surface area contributed by atoms with Crippen molar-refractivity contribution < 1.29 is 10.2 Å². The maximum atomic E-state index is 9.60. The van der Waals surface area contributed by atoms with E-state index in [-0.39, 0.29) is 11.5 Å². The molecule has 0 radical (unpaired) electrons. The van der Waals surface area contributed by atoms with E-state index in [1.54, 1.807) is 23.5 Å². The zero-order valence-corrected chi connectivity index (χ0v) is 12.6. The third kappa shape index (κ3) is 3.29. The van der Waals surface area contributed by atoms with Crippen molar-refractivity contribution in [1.82, 2.24) is 10.3 Å². The quantitative estimate of drug-likeness (QED) is 0.715. The molecule has 0 saturated heterocycles. The minimum absolute atomic E-state index is 0.105. The van der Waals surface area contributed by atoms with E-state index >= 15 is 0 Å². The minimum Gasteiger partial charge on any atom is -0.504 e. The molecule has 108 valence electrons. The largest absolute Gasteiger partial charge is 0.504 e. The highest BCUT2D eigenvalue weighted by molar-refractivity contribution is 7.15. The van der Waals surface area contributed by atoms with E-state index < -0.39 is 0 Å². The molecule has 1 aromatic carbocycles. The molecule has 0 amide bonds. The van der Waals surface area contributed by atoms with Crippen molar-refractivity contribution in [3.8, 4) is 22.1 Å². The number of hydrogen-bond acceptors (Lipinski definition) is 5. The van der Waals surface area contributed by atoms with Gasteiger partial charge in [0.1, 0.15) is 5.01 Å². The first-order valence-corrected chi connectivity index (χ1v) is 7.69. The number of aromatic hydroxyl groups is 2. The molecule has 2 rings (SSSR count). The van der Waals surface area contributed by atoms with Crippen molar-refractivity contribution in [2.45, 2.75) is 33.2 Å². The van der Waals surface area contributed by atoms with Gasteiger partial charge >= 0.3 is 0 Å². The second-order valence-corrected chi connectivity index (χ2v) is 5.71. The SMILES string of the molecule is CCCc1nc(-c2ccc(O)c(O)c2)sc1CNCC. The Labute approximate surface area is 123 Å². The Morgan fingerprint density at radius 1 is 1.20 bits per heavy atom. The number of hydrogen-bond donors (Lipinski definition) is 3. The Hall–Kier alpha value is -1.59. The number of phenols is 2. The van der Waals surface area contributed by atoms with E-state index in [2.05, 4.69) is 24.1 Å². The van der Waals surface area contributed by atoms with Crippen molar-refractivity contribution in [3.63, 3.8) is 0 Å². The number of aryl methyl sites for hydroxylation is 1. The average molecular weight is 292 g/mol. The smallest absolute Gasteiger partial charge is 0.158 e. The van der Waals surface area contributed by atoms with E-state index in [0.717, 1.165) is 42.2 Å². The summed E-state index contributed by atoms with van der Waals surface area (Å²) in [7, 11) is 0. The summed E-state index contributed by atoms with van der Waals surface area (Å²) in [4.78, 5) is 5.93. The van der Waals surface area contributed by atoms with Crippen LogP contribution >= 0.6 is 11.3 Å². The van der Waals surface area contributed by atoms with Crippen molar-refractivity contribution in [1.29, 1.82) is 0 Å². The van der Waals surface area contributed by atoms with Gasteiger partial charge in [0.05, 0.1) is 5.69 Å². The highest BCUT2D eigenvalue weighted by Gasteiger charge is 2.13. The van der Waals surface area contributed by atoms with Crippen LogP contribution in [0, 0.1) is 0 Å². The van der Waals surface area contributed by atoms with Crippen LogP contribution in [0.25, 0.3) is 10.6 Å². The van der Waals surface area contributed by atoms with Crippen molar-refractivity contribution >= 4 is 11.3 Å². The Kier molecular flexibility index (Phi) is 4.98. The summed E-state index contributed by atoms with van der Waals surface area (Å²) < 4.78 is 0. The molecule has 1 heterocycles. The molecule has 0 fully saturated rings. The summed E-state index contributed by atoms with van der Waals surface area (Å²) in [5.41, 5.74) is 1.96. The van der Waals surface area contributed by atoms with Crippen LogP contribution in [0.2, 0.25) is 0 Å².